The summed E-state index contributed by atoms with van der Waals surface area (Å²) in [6.07, 6.45) is 9.63. The Hall–Kier alpha value is -2.68. The maximum Gasteiger partial charge on any atom is 0.322 e. The molecule has 0 aromatic carbocycles. The molecule has 2 aliphatic rings. The summed E-state index contributed by atoms with van der Waals surface area (Å²) < 4.78 is 14.2. The molecule has 1 saturated carbocycles. The molecule has 3 heterocycles. The van der Waals surface area contributed by atoms with E-state index in [1.54, 1.807) is 42.8 Å². The minimum absolute atomic E-state index is 0.183. The Morgan fingerprint density at radius 2 is 2.14 bits per heavy atom. The third-order valence-corrected chi connectivity index (χ3v) is 6.28. The van der Waals surface area contributed by atoms with Crippen molar-refractivity contribution in [1.82, 2.24) is 25.2 Å². The molecule has 2 N–H and O–H groups in total. The van der Waals surface area contributed by atoms with Gasteiger partial charge in [0.1, 0.15) is 11.2 Å². The summed E-state index contributed by atoms with van der Waals surface area (Å²) in [7, 11) is 1.60. The van der Waals surface area contributed by atoms with Crippen molar-refractivity contribution < 1.29 is 9.18 Å². The zero-order valence-corrected chi connectivity index (χ0v) is 16.2. The molecule has 0 radical (unpaired) electrons. The third kappa shape index (κ3) is 3.42. The number of pyridine rings is 1. The standard InChI is InChI=1S/C19H21FN6OS/c1-21-18(27)26-8-9-28-16(26)13-10-23-17(24-11-13)25-12-19(5-3-6-19)15-14(20)4-2-7-22-15/h2,4,7-11,16H,3,5-6,12H2,1H3,(H,21,27)(H,23,24,25). The Morgan fingerprint density at radius 3 is 2.79 bits per heavy atom. The van der Waals surface area contributed by atoms with Crippen LogP contribution >= 0.6 is 11.8 Å². The molecular formula is C19H21FN6OS. The number of nitrogens with zero attached hydrogens (tertiary/aromatic N) is 4. The number of amides is 2. The largest absolute Gasteiger partial charge is 0.353 e. The molecule has 4 rings (SSSR count). The Labute approximate surface area is 166 Å². The number of urea groups is 1. The molecule has 2 amide bonds. The number of aromatic nitrogens is 3. The molecule has 0 bridgehead atoms. The first kappa shape index (κ1) is 18.7. The summed E-state index contributed by atoms with van der Waals surface area (Å²) in [6, 6.07) is 2.88. The predicted molar refractivity (Wildman–Crippen MR) is 106 cm³/mol. The molecule has 2 aromatic rings. The normalized spacial score (nSPS) is 19.9. The monoisotopic (exact) mass is 400 g/mol. The molecule has 0 saturated heterocycles. The average Bonchev–Trinajstić information content (AvgIpc) is 3.18. The van der Waals surface area contributed by atoms with Gasteiger partial charge in [0.15, 0.2) is 0 Å². The zero-order chi connectivity index (χ0) is 19.6. The van der Waals surface area contributed by atoms with Crippen LogP contribution in [0.4, 0.5) is 15.1 Å². The van der Waals surface area contributed by atoms with E-state index < -0.39 is 0 Å². The maximum atomic E-state index is 14.2. The molecule has 2 aromatic heterocycles. The van der Waals surface area contributed by atoms with Crippen LogP contribution in [-0.2, 0) is 5.41 Å². The van der Waals surface area contributed by atoms with Crippen molar-refractivity contribution in [3.63, 3.8) is 0 Å². The number of hydrogen-bond donors (Lipinski definition) is 2. The quantitative estimate of drug-likeness (QED) is 0.800. The van der Waals surface area contributed by atoms with Crippen LogP contribution in [0, 0.1) is 5.82 Å². The topological polar surface area (TPSA) is 83.0 Å². The molecule has 1 unspecified atom stereocenters. The molecule has 146 valence electrons. The van der Waals surface area contributed by atoms with Crippen LogP contribution < -0.4 is 10.6 Å². The van der Waals surface area contributed by atoms with Gasteiger partial charge in [0, 0.05) is 49.4 Å². The van der Waals surface area contributed by atoms with Gasteiger partial charge in [0.2, 0.25) is 5.95 Å². The maximum absolute atomic E-state index is 14.2. The highest BCUT2D eigenvalue weighted by Crippen LogP contribution is 2.43. The average molecular weight is 400 g/mol. The van der Waals surface area contributed by atoms with E-state index in [-0.39, 0.29) is 22.6 Å². The fraction of sp³-hybridized carbons (Fsp3) is 0.368. The van der Waals surface area contributed by atoms with Gasteiger partial charge in [-0.25, -0.2) is 19.2 Å². The highest BCUT2D eigenvalue weighted by molar-refractivity contribution is 8.02. The lowest BCUT2D eigenvalue weighted by atomic mass is 9.66. The van der Waals surface area contributed by atoms with E-state index in [9.17, 15) is 9.18 Å². The van der Waals surface area contributed by atoms with E-state index >= 15 is 0 Å². The number of carbonyl (C=O) groups is 1. The van der Waals surface area contributed by atoms with E-state index in [0.717, 1.165) is 24.8 Å². The van der Waals surface area contributed by atoms with Gasteiger partial charge in [-0.05, 0) is 30.4 Å². The van der Waals surface area contributed by atoms with Gasteiger partial charge in [0.25, 0.3) is 0 Å². The Morgan fingerprint density at radius 1 is 1.36 bits per heavy atom. The lowest BCUT2D eigenvalue weighted by Gasteiger charge is -2.41. The molecule has 1 fully saturated rings. The highest BCUT2D eigenvalue weighted by Gasteiger charge is 2.42. The number of nitrogens with one attached hydrogen (secondary N) is 2. The minimum atomic E-state index is -0.311. The predicted octanol–water partition coefficient (Wildman–Crippen LogP) is 3.40. The summed E-state index contributed by atoms with van der Waals surface area (Å²) in [4.78, 5) is 26.6. The molecule has 1 aliphatic heterocycles. The van der Waals surface area contributed by atoms with Crippen LogP contribution in [-0.4, -0.2) is 39.5 Å². The summed E-state index contributed by atoms with van der Waals surface area (Å²) >= 11 is 1.52. The molecular weight excluding hydrogens is 379 g/mol. The van der Waals surface area contributed by atoms with Crippen molar-refractivity contribution >= 4 is 23.7 Å². The molecule has 9 heteroatoms. The van der Waals surface area contributed by atoms with E-state index in [1.165, 1.54) is 17.8 Å². The van der Waals surface area contributed by atoms with Gasteiger partial charge in [0.05, 0.1) is 5.69 Å². The van der Waals surface area contributed by atoms with Gasteiger partial charge in [-0.15, -0.1) is 11.8 Å². The fourth-order valence-corrected chi connectivity index (χ4v) is 4.47. The first-order valence-electron chi connectivity index (χ1n) is 9.12. The Bertz CT molecular complexity index is 886. The van der Waals surface area contributed by atoms with E-state index in [4.69, 9.17) is 0 Å². The van der Waals surface area contributed by atoms with Crippen molar-refractivity contribution in [1.29, 1.82) is 0 Å². The van der Waals surface area contributed by atoms with Crippen LogP contribution in [0.1, 0.15) is 35.9 Å². The summed E-state index contributed by atoms with van der Waals surface area (Å²) in [5.41, 5.74) is 1.03. The summed E-state index contributed by atoms with van der Waals surface area (Å²) in [5.74, 6) is 0.217. The van der Waals surface area contributed by atoms with Gasteiger partial charge in [-0.1, -0.05) is 6.42 Å². The third-order valence-electron chi connectivity index (χ3n) is 5.24. The molecule has 1 atom stereocenters. The van der Waals surface area contributed by atoms with Crippen molar-refractivity contribution in [3.05, 3.63) is 59.4 Å². The SMILES string of the molecule is CNC(=O)N1C=CSC1c1cnc(NCC2(c3ncccc3F)CCC2)nc1. The van der Waals surface area contributed by atoms with Gasteiger partial charge in [-0.3, -0.25) is 9.88 Å². The van der Waals surface area contributed by atoms with Crippen LogP contribution in [0.15, 0.2) is 42.3 Å². The second-order valence-electron chi connectivity index (χ2n) is 6.90. The van der Waals surface area contributed by atoms with Gasteiger partial charge >= 0.3 is 6.03 Å². The minimum Gasteiger partial charge on any atom is -0.353 e. The number of thioether (sulfide) groups is 1. The van der Waals surface area contributed by atoms with E-state index in [2.05, 4.69) is 25.6 Å². The zero-order valence-electron chi connectivity index (χ0n) is 15.4. The molecule has 28 heavy (non-hydrogen) atoms. The highest BCUT2D eigenvalue weighted by atomic mass is 32.2. The van der Waals surface area contributed by atoms with Crippen molar-refractivity contribution in [2.24, 2.45) is 0 Å². The van der Waals surface area contributed by atoms with E-state index in [0.29, 0.717) is 18.2 Å². The first-order valence-corrected chi connectivity index (χ1v) is 10.1. The lowest BCUT2D eigenvalue weighted by molar-refractivity contribution is 0.215. The fourth-order valence-electron chi connectivity index (χ4n) is 3.54. The Kier molecular flexibility index (Phi) is 5.17. The smallest absolute Gasteiger partial charge is 0.322 e. The lowest BCUT2D eigenvalue weighted by Crippen LogP contribution is -2.42. The first-order chi connectivity index (χ1) is 13.6. The number of halogens is 1. The molecule has 7 nitrogen and oxygen atoms in total. The number of hydrogen-bond acceptors (Lipinski definition) is 6. The van der Waals surface area contributed by atoms with E-state index in [1.807, 2.05) is 5.41 Å². The van der Waals surface area contributed by atoms with Crippen molar-refractivity contribution in [3.8, 4) is 0 Å². The van der Waals surface area contributed by atoms with Gasteiger partial charge < -0.3 is 10.6 Å². The van der Waals surface area contributed by atoms with Crippen molar-refractivity contribution in [2.75, 3.05) is 18.9 Å². The number of anilines is 1. The van der Waals surface area contributed by atoms with Crippen LogP contribution in [0.25, 0.3) is 0 Å². The number of carbonyl (C=O) groups excluding carboxylic acids is 1. The van der Waals surface area contributed by atoms with Crippen molar-refractivity contribution in [2.45, 2.75) is 30.1 Å². The van der Waals surface area contributed by atoms with Crippen LogP contribution in [0.5, 0.6) is 0 Å². The van der Waals surface area contributed by atoms with Crippen LogP contribution in [0.3, 0.4) is 0 Å². The summed E-state index contributed by atoms with van der Waals surface area (Å²) in [5, 5.41) is 7.54. The van der Waals surface area contributed by atoms with Gasteiger partial charge in [-0.2, -0.15) is 0 Å². The number of rotatable bonds is 5. The molecule has 0 spiro atoms. The second-order valence-corrected chi connectivity index (χ2v) is 7.89. The molecule has 1 aliphatic carbocycles. The second kappa shape index (κ2) is 7.75. The summed E-state index contributed by atoms with van der Waals surface area (Å²) in [6.45, 7) is 0.532. The van der Waals surface area contributed by atoms with Crippen LogP contribution in [0.2, 0.25) is 0 Å². The Balaban J connectivity index is 1.44.